The highest BCUT2D eigenvalue weighted by Gasteiger charge is 2.47. The molecule has 0 spiro atoms. The molecule has 0 aromatic carbocycles. The number of hydrogen-bond acceptors (Lipinski definition) is 4. The van der Waals surface area contributed by atoms with Crippen molar-refractivity contribution >= 4 is 11.9 Å². The molecular formula is C10H12N4O2. The van der Waals surface area contributed by atoms with Gasteiger partial charge < -0.3 is 10.6 Å². The van der Waals surface area contributed by atoms with Crippen LogP contribution in [-0.2, 0) is 10.3 Å². The van der Waals surface area contributed by atoms with Gasteiger partial charge in [-0.05, 0) is 24.7 Å². The lowest BCUT2D eigenvalue weighted by atomic mass is 9.91. The third-order valence-electron chi connectivity index (χ3n) is 2.56. The molecule has 1 fully saturated rings. The molecule has 1 atom stereocenters. The summed E-state index contributed by atoms with van der Waals surface area (Å²) >= 11 is 0. The molecule has 0 saturated carbocycles. The molecule has 0 bridgehead atoms. The van der Waals surface area contributed by atoms with E-state index in [1.165, 1.54) is 0 Å². The Balaban J connectivity index is 2.44. The van der Waals surface area contributed by atoms with Gasteiger partial charge in [0.1, 0.15) is 0 Å². The fourth-order valence-electron chi connectivity index (χ4n) is 1.82. The van der Waals surface area contributed by atoms with Crippen LogP contribution in [0.25, 0.3) is 0 Å². The number of imide groups is 1. The Hall–Kier alpha value is -1.95. The first-order valence-corrected chi connectivity index (χ1v) is 4.88. The molecule has 2 rings (SSSR count). The van der Waals surface area contributed by atoms with E-state index >= 15 is 0 Å². The summed E-state index contributed by atoms with van der Waals surface area (Å²) in [7, 11) is 1.72. The third-order valence-corrected chi connectivity index (χ3v) is 2.56. The summed E-state index contributed by atoms with van der Waals surface area (Å²) in [5.74, 6) is -0.349. The van der Waals surface area contributed by atoms with Gasteiger partial charge >= 0.3 is 6.03 Å². The van der Waals surface area contributed by atoms with Crippen molar-refractivity contribution in [3.8, 4) is 0 Å². The summed E-state index contributed by atoms with van der Waals surface area (Å²) in [5, 5.41) is 7.79. The number of amides is 3. The molecule has 0 aliphatic carbocycles. The molecule has 6 nitrogen and oxygen atoms in total. The largest absolute Gasteiger partial charge is 0.322 e. The van der Waals surface area contributed by atoms with Crippen LogP contribution >= 0.6 is 0 Å². The molecule has 2 heterocycles. The van der Waals surface area contributed by atoms with E-state index in [1.807, 2.05) is 0 Å². The van der Waals surface area contributed by atoms with Gasteiger partial charge in [0, 0.05) is 18.9 Å². The first kappa shape index (κ1) is 10.6. The normalized spacial score (nSPS) is 24.1. The van der Waals surface area contributed by atoms with Gasteiger partial charge in [0.2, 0.25) is 0 Å². The number of hydrogen-bond donors (Lipinski definition) is 3. The zero-order valence-electron chi connectivity index (χ0n) is 8.78. The van der Waals surface area contributed by atoms with Gasteiger partial charge in [-0.3, -0.25) is 15.1 Å². The van der Waals surface area contributed by atoms with Crippen molar-refractivity contribution in [2.45, 2.75) is 5.54 Å². The minimum absolute atomic E-state index is 0.328. The van der Waals surface area contributed by atoms with E-state index in [9.17, 15) is 9.59 Å². The molecule has 1 unspecified atom stereocenters. The Bertz CT molecular complexity index is 420. The fourth-order valence-corrected chi connectivity index (χ4v) is 1.82. The highest BCUT2D eigenvalue weighted by Crippen LogP contribution is 2.23. The van der Waals surface area contributed by atoms with Gasteiger partial charge in [0.25, 0.3) is 5.91 Å². The van der Waals surface area contributed by atoms with Crippen LogP contribution in [-0.4, -0.2) is 30.5 Å². The van der Waals surface area contributed by atoms with Crippen LogP contribution in [0.15, 0.2) is 24.5 Å². The number of nitrogens with one attached hydrogen (secondary N) is 3. The van der Waals surface area contributed by atoms with E-state index in [0.717, 1.165) is 0 Å². The second-order valence-electron chi connectivity index (χ2n) is 3.58. The van der Waals surface area contributed by atoms with Gasteiger partial charge in [-0.15, -0.1) is 0 Å². The zero-order chi connectivity index (χ0) is 11.6. The van der Waals surface area contributed by atoms with E-state index in [-0.39, 0.29) is 5.91 Å². The smallest absolute Gasteiger partial charge is 0.318 e. The van der Waals surface area contributed by atoms with E-state index in [4.69, 9.17) is 0 Å². The van der Waals surface area contributed by atoms with E-state index in [0.29, 0.717) is 12.1 Å². The Kier molecular flexibility index (Phi) is 2.57. The molecule has 0 radical (unpaired) electrons. The lowest BCUT2D eigenvalue weighted by Crippen LogP contribution is -2.50. The topological polar surface area (TPSA) is 83.1 Å². The Morgan fingerprint density at radius 2 is 2.06 bits per heavy atom. The quantitative estimate of drug-likeness (QED) is 0.590. The van der Waals surface area contributed by atoms with Crippen LogP contribution in [0.3, 0.4) is 0 Å². The van der Waals surface area contributed by atoms with Gasteiger partial charge in [-0.25, -0.2) is 4.79 Å². The van der Waals surface area contributed by atoms with Gasteiger partial charge in [-0.1, -0.05) is 0 Å². The van der Waals surface area contributed by atoms with Crippen molar-refractivity contribution in [2.75, 3.05) is 13.6 Å². The molecule has 1 aromatic rings. The number of likely N-dealkylation sites (N-methyl/N-ethyl adjacent to an activating group) is 1. The Labute approximate surface area is 92.4 Å². The highest BCUT2D eigenvalue weighted by atomic mass is 16.2. The first-order valence-electron chi connectivity index (χ1n) is 4.88. The number of carbonyl (C=O) groups excluding carboxylic acids is 2. The molecule has 6 heteroatoms. The predicted molar refractivity (Wildman–Crippen MR) is 56.5 cm³/mol. The predicted octanol–water partition coefficient (Wildman–Crippen LogP) is -0.664. The first-order chi connectivity index (χ1) is 7.69. The molecular weight excluding hydrogens is 208 g/mol. The molecule has 3 amide bonds. The van der Waals surface area contributed by atoms with Crippen molar-refractivity contribution in [3.05, 3.63) is 30.1 Å². The van der Waals surface area contributed by atoms with Crippen molar-refractivity contribution in [3.63, 3.8) is 0 Å². The van der Waals surface area contributed by atoms with Crippen molar-refractivity contribution in [1.29, 1.82) is 0 Å². The molecule has 1 aromatic heterocycles. The van der Waals surface area contributed by atoms with E-state index in [2.05, 4.69) is 20.9 Å². The molecule has 1 aliphatic rings. The lowest BCUT2D eigenvalue weighted by molar-refractivity contribution is -0.124. The Morgan fingerprint density at radius 3 is 2.56 bits per heavy atom. The average Bonchev–Trinajstić information content (AvgIpc) is 2.57. The maximum absolute atomic E-state index is 11.8. The van der Waals surface area contributed by atoms with Gasteiger partial charge in [-0.2, -0.15) is 0 Å². The van der Waals surface area contributed by atoms with E-state index < -0.39 is 11.6 Å². The molecule has 1 saturated heterocycles. The number of urea groups is 1. The minimum atomic E-state index is -1.03. The van der Waals surface area contributed by atoms with Gasteiger partial charge in [0.15, 0.2) is 5.54 Å². The van der Waals surface area contributed by atoms with Crippen molar-refractivity contribution in [1.82, 2.24) is 20.9 Å². The average molecular weight is 220 g/mol. The van der Waals surface area contributed by atoms with Crippen LogP contribution in [0, 0.1) is 0 Å². The van der Waals surface area contributed by atoms with Crippen LogP contribution in [0.4, 0.5) is 4.79 Å². The summed E-state index contributed by atoms with van der Waals surface area (Å²) < 4.78 is 0. The number of nitrogens with zero attached hydrogens (tertiary/aromatic N) is 1. The molecule has 1 aliphatic heterocycles. The van der Waals surface area contributed by atoms with Crippen LogP contribution in [0.2, 0.25) is 0 Å². The number of rotatable bonds is 3. The maximum atomic E-state index is 11.8. The van der Waals surface area contributed by atoms with Crippen molar-refractivity contribution in [2.24, 2.45) is 0 Å². The van der Waals surface area contributed by atoms with Crippen LogP contribution < -0.4 is 16.0 Å². The number of carbonyl (C=O) groups is 2. The number of pyridine rings is 1. The monoisotopic (exact) mass is 220 g/mol. The lowest BCUT2D eigenvalue weighted by Gasteiger charge is -2.25. The zero-order valence-corrected chi connectivity index (χ0v) is 8.78. The Morgan fingerprint density at radius 1 is 1.38 bits per heavy atom. The second-order valence-corrected chi connectivity index (χ2v) is 3.58. The minimum Gasteiger partial charge on any atom is -0.318 e. The molecule has 16 heavy (non-hydrogen) atoms. The SMILES string of the molecule is CNCC1(c2ccncc2)NC(=O)NC1=O. The standard InChI is InChI=1S/C10H12N4O2/c1-11-6-10(7-2-4-12-5-3-7)8(15)13-9(16)14-10/h2-5,11H,6H2,1H3,(H2,13,14,15,16). The molecule has 84 valence electrons. The second kappa shape index (κ2) is 3.90. The summed E-state index contributed by atoms with van der Waals surface area (Å²) in [6.45, 7) is 0.328. The summed E-state index contributed by atoms with van der Waals surface area (Å²) in [5.41, 5.74) is -0.324. The summed E-state index contributed by atoms with van der Waals surface area (Å²) in [4.78, 5) is 27.0. The maximum Gasteiger partial charge on any atom is 0.322 e. The highest BCUT2D eigenvalue weighted by molar-refractivity contribution is 6.07. The van der Waals surface area contributed by atoms with Crippen molar-refractivity contribution < 1.29 is 9.59 Å². The number of aromatic nitrogens is 1. The molecule has 3 N–H and O–H groups in total. The summed E-state index contributed by atoms with van der Waals surface area (Å²) in [6, 6.07) is 2.95. The van der Waals surface area contributed by atoms with E-state index in [1.54, 1.807) is 31.6 Å². The van der Waals surface area contributed by atoms with Crippen LogP contribution in [0.1, 0.15) is 5.56 Å². The fraction of sp³-hybridized carbons (Fsp3) is 0.300. The summed E-state index contributed by atoms with van der Waals surface area (Å²) in [6.07, 6.45) is 3.18. The van der Waals surface area contributed by atoms with Gasteiger partial charge in [0.05, 0.1) is 0 Å². The van der Waals surface area contributed by atoms with Crippen LogP contribution in [0.5, 0.6) is 0 Å². The third kappa shape index (κ3) is 1.53.